The van der Waals surface area contributed by atoms with Gasteiger partial charge in [0.25, 0.3) is 0 Å². The lowest BCUT2D eigenvalue weighted by atomic mass is 10.3. The molecule has 0 aromatic carbocycles. The summed E-state index contributed by atoms with van der Waals surface area (Å²) in [4.78, 5) is 22.3. The van der Waals surface area contributed by atoms with E-state index >= 15 is 0 Å². The van der Waals surface area contributed by atoms with Crippen molar-refractivity contribution in [3.63, 3.8) is 0 Å². The quantitative estimate of drug-likeness (QED) is 0.768. The zero-order chi connectivity index (χ0) is 16.8. The molecule has 3 rings (SSSR count). The second kappa shape index (κ2) is 8.53. The lowest BCUT2D eigenvalue weighted by Gasteiger charge is -2.33. The number of hydrogen-bond acceptors (Lipinski definition) is 6. The molecule has 1 aliphatic rings. The standard InChI is InChI=1S/C17H22N4OS2/c1-2-5-18-16(22)11-20-6-8-21(9-7-20)12-17-19-14(13-24-17)15-4-3-10-23-15/h2-4,10,13H,1,5-9,11-12H2,(H,18,22). The third-order valence-electron chi connectivity index (χ3n) is 3.96. The minimum absolute atomic E-state index is 0.0730. The maximum Gasteiger partial charge on any atom is 0.234 e. The van der Waals surface area contributed by atoms with Gasteiger partial charge in [0, 0.05) is 38.1 Å². The predicted octanol–water partition coefficient (Wildman–Crippen LogP) is 2.29. The summed E-state index contributed by atoms with van der Waals surface area (Å²) in [7, 11) is 0. The molecular weight excluding hydrogens is 340 g/mol. The predicted molar refractivity (Wildman–Crippen MR) is 100 cm³/mol. The fraction of sp³-hybridized carbons (Fsp3) is 0.412. The van der Waals surface area contributed by atoms with Crippen molar-refractivity contribution in [2.75, 3.05) is 39.3 Å². The van der Waals surface area contributed by atoms with Crippen molar-refractivity contribution in [3.05, 3.63) is 40.6 Å². The van der Waals surface area contributed by atoms with E-state index in [0.717, 1.165) is 43.4 Å². The van der Waals surface area contributed by atoms with Crippen LogP contribution in [0, 0.1) is 0 Å². The van der Waals surface area contributed by atoms with Crippen LogP contribution in [0.3, 0.4) is 0 Å². The molecule has 0 saturated carbocycles. The number of carbonyl (C=O) groups is 1. The van der Waals surface area contributed by atoms with Gasteiger partial charge in [-0.2, -0.15) is 0 Å². The van der Waals surface area contributed by atoms with Crippen molar-refractivity contribution < 1.29 is 4.79 Å². The summed E-state index contributed by atoms with van der Waals surface area (Å²) in [6.07, 6.45) is 1.70. The van der Waals surface area contributed by atoms with Gasteiger partial charge in [0.05, 0.1) is 23.7 Å². The van der Waals surface area contributed by atoms with Crippen LogP contribution in [0.1, 0.15) is 5.01 Å². The largest absolute Gasteiger partial charge is 0.352 e. The summed E-state index contributed by atoms with van der Waals surface area (Å²) in [6.45, 7) is 9.31. The van der Waals surface area contributed by atoms with Crippen LogP contribution in [0.2, 0.25) is 0 Å². The van der Waals surface area contributed by atoms with Crippen LogP contribution in [-0.4, -0.2) is 60.0 Å². The summed E-state index contributed by atoms with van der Waals surface area (Å²) < 4.78 is 0. The van der Waals surface area contributed by atoms with Crippen molar-refractivity contribution in [2.45, 2.75) is 6.54 Å². The molecule has 24 heavy (non-hydrogen) atoms. The molecule has 5 nitrogen and oxygen atoms in total. The van der Waals surface area contributed by atoms with Gasteiger partial charge in [0.2, 0.25) is 5.91 Å². The minimum Gasteiger partial charge on any atom is -0.352 e. The summed E-state index contributed by atoms with van der Waals surface area (Å²) in [6, 6.07) is 4.17. The highest BCUT2D eigenvalue weighted by atomic mass is 32.1. The van der Waals surface area contributed by atoms with Gasteiger partial charge in [0.1, 0.15) is 5.01 Å². The smallest absolute Gasteiger partial charge is 0.234 e. The fourth-order valence-corrected chi connectivity index (χ4v) is 4.26. The number of thiazole rings is 1. The molecule has 1 fully saturated rings. The second-order valence-corrected chi connectivity index (χ2v) is 7.64. The van der Waals surface area contributed by atoms with Gasteiger partial charge in [-0.05, 0) is 11.4 Å². The van der Waals surface area contributed by atoms with Crippen molar-refractivity contribution in [3.8, 4) is 10.6 Å². The van der Waals surface area contributed by atoms with Gasteiger partial charge in [0.15, 0.2) is 0 Å². The van der Waals surface area contributed by atoms with Gasteiger partial charge < -0.3 is 5.32 Å². The van der Waals surface area contributed by atoms with E-state index in [0.29, 0.717) is 13.1 Å². The Morgan fingerprint density at radius 3 is 2.79 bits per heavy atom. The molecule has 0 unspecified atom stereocenters. The Morgan fingerprint density at radius 2 is 2.08 bits per heavy atom. The van der Waals surface area contributed by atoms with Crippen LogP contribution >= 0.6 is 22.7 Å². The molecule has 2 aromatic rings. The molecule has 0 radical (unpaired) electrons. The number of carbonyl (C=O) groups excluding carboxylic acids is 1. The van der Waals surface area contributed by atoms with E-state index in [-0.39, 0.29) is 5.91 Å². The topological polar surface area (TPSA) is 48.5 Å². The third-order valence-corrected chi connectivity index (χ3v) is 5.69. The molecule has 0 spiro atoms. The molecule has 1 N–H and O–H groups in total. The van der Waals surface area contributed by atoms with Crippen LogP contribution in [0.5, 0.6) is 0 Å². The van der Waals surface area contributed by atoms with E-state index in [1.54, 1.807) is 28.7 Å². The lowest BCUT2D eigenvalue weighted by molar-refractivity contribution is -0.122. The molecule has 1 amide bonds. The molecule has 1 aliphatic heterocycles. The van der Waals surface area contributed by atoms with Crippen molar-refractivity contribution in [2.24, 2.45) is 0 Å². The Morgan fingerprint density at radius 1 is 1.29 bits per heavy atom. The third kappa shape index (κ3) is 4.73. The highest BCUT2D eigenvalue weighted by molar-refractivity contribution is 7.14. The van der Waals surface area contributed by atoms with E-state index < -0.39 is 0 Å². The monoisotopic (exact) mass is 362 g/mol. The molecule has 0 aliphatic carbocycles. The molecule has 0 atom stereocenters. The van der Waals surface area contributed by atoms with Crippen LogP contribution in [0.4, 0.5) is 0 Å². The number of nitrogens with one attached hydrogen (secondary N) is 1. The first-order valence-electron chi connectivity index (χ1n) is 8.05. The minimum atomic E-state index is 0.0730. The van der Waals surface area contributed by atoms with E-state index in [2.05, 4.69) is 44.6 Å². The number of nitrogens with zero attached hydrogens (tertiary/aromatic N) is 3. The second-order valence-electron chi connectivity index (χ2n) is 5.75. The number of piperazine rings is 1. The first-order chi connectivity index (χ1) is 11.7. The van der Waals surface area contributed by atoms with Crippen LogP contribution < -0.4 is 5.32 Å². The number of aromatic nitrogens is 1. The normalized spacial score (nSPS) is 16.2. The van der Waals surface area contributed by atoms with Crippen LogP contribution in [0.15, 0.2) is 35.5 Å². The van der Waals surface area contributed by atoms with Crippen molar-refractivity contribution >= 4 is 28.6 Å². The number of rotatable bonds is 7. The van der Waals surface area contributed by atoms with Gasteiger partial charge in [-0.1, -0.05) is 12.1 Å². The highest BCUT2D eigenvalue weighted by Gasteiger charge is 2.19. The zero-order valence-corrected chi connectivity index (χ0v) is 15.2. The molecular formula is C17H22N4OS2. The fourth-order valence-electron chi connectivity index (χ4n) is 2.66. The molecule has 128 valence electrons. The average Bonchev–Trinajstić information content (AvgIpc) is 3.26. The van der Waals surface area contributed by atoms with Crippen molar-refractivity contribution in [1.29, 1.82) is 0 Å². The van der Waals surface area contributed by atoms with Crippen LogP contribution in [-0.2, 0) is 11.3 Å². The van der Waals surface area contributed by atoms with Gasteiger partial charge >= 0.3 is 0 Å². The Balaban J connectivity index is 1.44. The SMILES string of the molecule is C=CCNC(=O)CN1CCN(Cc2nc(-c3cccs3)cs2)CC1. The molecule has 7 heteroatoms. The summed E-state index contributed by atoms with van der Waals surface area (Å²) >= 11 is 3.46. The molecule has 1 saturated heterocycles. The molecule has 2 aromatic heterocycles. The first-order valence-corrected chi connectivity index (χ1v) is 9.81. The Kier molecular flexibility index (Phi) is 6.14. The summed E-state index contributed by atoms with van der Waals surface area (Å²) in [5, 5.41) is 8.21. The van der Waals surface area contributed by atoms with Crippen molar-refractivity contribution in [1.82, 2.24) is 20.1 Å². The summed E-state index contributed by atoms with van der Waals surface area (Å²) in [5.41, 5.74) is 1.09. The maximum absolute atomic E-state index is 11.7. The summed E-state index contributed by atoms with van der Waals surface area (Å²) in [5.74, 6) is 0.0730. The Bertz CT molecular complexity index is 660. The molecule has 3 heterocycles. The maximum atomic E-state index is 11.7. The number of amides is 1. The average molecular weight is 363 g/mol. The van der Waals surface area contributed by atoms with Gasteiger partial charge in [-0.3, -0.25) is 14.6 Å². The van der Waals surface area contributed by atoms with Crippen LogP contribution in [0.25, 0.3) is 10.6 Å². The van der Waals surface area contributed by atoms with Gasteiger partial charge in [-0.25, -0.2) is 4.98 Å². The van der Waals surface area contributed by atoms with E-state index in [1.165, 1.54) is 4.88 Å². The van der Waals surface area contributed by atoms with E-state index in [1.807, 2.05) is 0 Å². The van der Waals surface area contributed by atoms with E-state index in [9.17, 15) is 4.79 Å². The first kappa shape index (κ1) is 17.3. The van der Waals surface area contributed by atoms with Gasteiger partial charge in [-0.15, -0.1) is 29.3 Å². The highest BCUT2D eigenvalue weighted by Crippen LogP contribution is 2.26. The van der Waals surface area contributed by atoms with E-state index in [4.69, 9.17) is 4.98 Å². The lowest BCUT2D eigenvalue weighted by Crippen LogP contribution is -2.49. The number of thiophene rings is 1. The molecule has 0 bridgehead atoms. The Hall–Kier alpha value is -1.54. The Labute approximate surface area is 150 Å². The number of hydrogen-bond donors (Lipinski definition) is 1. The zero-order valence-electron chi connectivity index (χ0n) is 13.6.